The molecule has 3 N–H and O–H groups in total. The van der Waals surface area contributed by atoms with Gasteiger partial charge >= 0.3 is 6.09 Å². The molecule has 1 saturated carbocycles. The van der Waals surface area contributed by atoms with Crippen molar-refractivity contribution in [2.75, 3.05) is 13.6 Å². The normalized spacial score (nSPS) is 22.9. The van der Waals surface area contributed by atoms with Gasteiger partial charge in [0.05, 0.1) is 25.0 Å². The van der Waals surface area contributed by atoms with Crippen LogP contribution in [0.5, 0.6) is 5.75 Å². The highest BCUT2D eigenvalue weighted by Crippen LogP contribution is 2.33. The number of aromatic nitrogens is 2. The molecule has 2 heterocycles. The van der Waals surface area contributed by atoms with E-state index in [1.54, 1.807) is 0 Å². The van der Waals surface area contributed by atoms with Crippen LogP contribution in [-0.2, 0) is 20.8 Å². The maximum atomic E-state index is 14.5. The molecule has 12 nitrogen and oxygen atoms in total. The monoisotopic (exact) mass is 640 g/mol. The predicted molar refractivity (Wildman–Crippen MR) is 166 cm³/mol. The minimum absolute atomic E-state index is 0.0735. The highest BCUT2D eigenvalue weighted by molar-refractivity contribution is 6.28. The smallest absolute Gasteiger partial charge is 0.407 e. The Morgan fingerprint density at radius 3 is 2.49 bits per heavy atom. The standard InChI is InChI=1S/C32H41ClN6O6/c1-19(38(2)32(43)44)28(40)37-27(21-10-4-3-5-11-21)30(42)39-18-22(45-23-16-34-31(33)35-17-23)15-26(39)29(41)36-25-14-8-12-20-9-6-7-13-24(20)25/h6-7,9,13,16-17,19,21-22,25-27H,3-5,8,10-12,14-15,18H2,1-2H3,(H,36,41)(H,37,40)(H,43,44)/t19?,22-,25+,26-,27-/m0/s1. The highest BCUT2D eigenvalue weighted by Gasteiger charge is 2.46. The van der Waals surface area contributed by atoms with Crippen molar-refractivity contribution < 1.29 is 29.0 Å². The third kappa shape index (κ3) is 7.66. The summed E-state index contributed by atoms with van der Waals surface area (Å²) in [5.41, 5.74) is 2.29. The first-order valence-electron chi connectivity index (χ1n) is 15.7. The first-order valence-corrected chi connectivity index (χ1v) is 16.1. The van der Waals surface area contributed by atoms with Crippen molar-refractivity contribution in [3.63, 3.8) is 0 Å². The molecule has 242 valence electrons. The molecule has 3 aliphatic rings. The van der Waals surface area contributed by atoms with E-state index in [4.69, 9.17) is 16.3 Å². The van der Waals surface area contributed by atoms with Gasteiger partial charge in [-0.2, -0.15) is 0 Å². The van der Waals surface area contributed by atoms with E-state index >= 15 is 0 Å². The first kappa shape index (κ1) is 32.5. The predicted octanol–water partition coefficient (Wildman–Crippen LogP) is 3.74. The van der Waals surface area contributed by atoms with Gasteiger partial charge in [-0.15, -0.1) is 0 Å². The molecule has 1 aliphatic heterocycles. The molecule has 45 heavy (non-hydrogen) atoms. The van der Waals surface area contributed by atoms with Gasteiger partial charge < -0.3 is 25.4 Å². The van der Waals surface area contributed by atoms with Crippen molar-refractivity contribution in [3.8, 4) is 5.75 Å². The Morgan fingerprint density at radius 2 is 1.78 bits per heavy atom. The number of benzene rings is 1. The topological polar surface area (TPSA) is 154 Å². The summed E-state index contributed by atoms with van der Waals surface area (Å²) >= 11 is 5.84. The number of rotatable bonds is 9. The van der Waals surface area contributed by atoms with E-state index in [1.165, 1.54) is 36.8 Å². The number of amides is 4. The average Bonchev–Trinajstić information content (AvgIpc) is 3.48. The Hall–Kier alpha value is -3.93. The Kier molecular flexibility index (Phi) is 10.4. The molecule has 0 bridgehead atoms. The molecular formula is C32H41ClN6O6. The van der Waals surface area contributed by atoms with Crippen molar-refractivity contribution in [3.05, 3.63) is 53.1 Å². The number of likely N-dealkylation sites (N-methyl/N-ethyl adjacent to an activating group) is 1. The second kappa shape index (κ2) is 14.4. The van der Waals surface area contributed by atoms with E-state index in [0.717, 1.165) is 61.8 Å². The summed E-state index contributed by atoms with van der Waals surface area (Å²) in [5.74, 6) is -0.994. The number of likely N-dealkylation sites (tertiary alicyclic amines) is 1. The number of aryl methyl sites for hydroxylation is 1. The lowest BCUT2D eigenvalue weighted by Gasteiger charge is -2.36. The third-order valence-corrected chi connectivity index (χ3v) is 9.58. The number of nitrogens with one attached hydrogen (secondary N) is 2. The minimum atomic E-state index is -1.25. The van der Waals surface area contributed by atoms with Gasteiger partial charge in [0.2, 0.25) is 23.0 Å². The lowest BCUT2D eigenvalue weighted by Crippen LogP contribution is -2.58. The second-order valence-electron chi connectivity index (χ2n) is 12.3. The van der Waals surface area contributed by atoms with Crippen molar-refractivity contribution in [1.29, 1.82) is 0 Å². The van der Waals surface area contributed by atoms with Crippen molar-refractivity contribution in [1.82, 2.24) is 30.4 Å². The molecule has 0 spiro atoms. The highest BCUT2D eigenvalue weighted by atomic mass is 35.5. The number of fused-ring (bicyclic) bond motifs is 1. The zero-order chi connectivity index (χ0) is 32.1. The molecule has 5 atom stereocenters. The fraction of sp³-hybridized carbons (Fsp3) is 0.562. The summed E-state index contributed by atoms with van der Waals surface area (Å²) in [7, 11) is 1.32. The van der Waals surface area contributed by atoms with Crippen molar-refractivity contribution in [2.24, 2.45) is 5.92 Å². The van der Waals surface area contributed by atoms with Gasteiger partial charge in [-0.25, -0.2) is 14.8 Å². The van der Waals surface area contributed by atoms with Crippen LogP contribution in [0.4, 0.5) is 4.79 Å². The number of carboxylic acid groups (broad SMARTS) is 1. The van der Waals surface area contributed by atoms with Gasteiger partial charge in [0.25, 0.3) is 0 Å². The Morgan fingerprint density at radius 1 is 1.07 bits per heavy atom. The average molecular weight is 641 g/mol. The van der Waals surface area contributed by atoms with Gasteiger partial charge in [-0.3, -0.25) is 19.3 Å². The number of hydrogen-bond acceptors (Lipinski definition) is 7. The van der Waals surface area contributed by atoms with Gasteiger partial charge in [0.15, 0.2) is 5.75 Å². The van der Waals surface area contributed by atoms with E-state index in [9.17, 15) is 24.3 Å². The van der Waals surface area contributed by atoms with Crippen LogP contribution < -0.4 is 15.4 Å². The zero-order valence-corrected chi connectivity index (χ0v) is 26.4. The number of hydrogen-bond donors (Lipinski definition) is 3. The summed E-state index contributed by atoms with van der Waals surface area (Å²) in [4.78, 5) is 63.6. The molecule has 1 aromatic carbocycles. The summed E-state index contributed by atoms with van der Waals surface area (Å²) in [5, 5.41) is 15.6. The van der Waals surface area contributed by atoms with Gasteiger partial charge in [-0.05, 0) is 67.7 Å². The second-order valence-corrected chi connectivity index (χ2v) is 12.6. The number of carbonyl (C=O) groups is 4. The third-order valence-electron chi connectivity index (χ3n) is 9.38. The van der Waals surface area contributed by atoms with E-state index in [-0.39, 0.29) is 42.0 Å². The molecule has 13 heteroatoms. The van der Waals surface area contributed by atoms with E-state index in [2.05, 4.69) is 26.7 Å². The van der Waals surface area contributed by atoms with E-state index in [0.29, 0.717) is 5.75 Å². The first-order chi connectivity index (χ1) is 21.6. The number of carbonyl (C=O) groups excluding carboxylic acids is 3. The minimum Gasteiger partial charge on any atom is -0.485 e. The molecule has 2 aliphatic carbocycles. The van der Waals surface area contributed by atoms with Crippen LogP contribution in [0.15, 0.2) is 36.7 Å². The molecule has 4 amide bonds. The summed E-state index contributed by atoms with van der Waals surface area (Å²) in [6.07, 6.45) is 8.39. The lowest BCUT2D eigenvalue weighted by atomic mass is 9.83. The fourth-order valence-electron chi connectivity index (χ4n) is 6.74. The van der Waals surface area contributed by atoms with Gasteiger partial charge in [0.1, 0.15) is 24.2 Å². The van der Waals surface area contributed by atoms with Crippen LogP contribution in [0, 0.1) is 5.92 Å². The molecule has 2 aromatic rings. The summed E-state index contributed by atoms with van der Waals surface area (Å²) in [6.45, 7) is 1.60. The Balaban J connectivity index is 1.40. The molecule has 5 rings (SSSR count). The summed E-state index contributed by atoms with van der Waals surface area (Å²) < 4.78 is 6.12. The maximum Gasteiger partial charge on any atom is 0.407 e. The van der Waals surface area contributed by atoms with Crippen LogP contribution in [0.2, 0.25) is 5.28 Å². The lowest BCUT2D eigenvalue weighted by molar-refractivity contribution is -0.143. The van der Waals surface area contributed by atoms with Gasteiger partial charge in [0, 0.05) is 13.5 Å². The molecule has 1 unspecified atom stereocenters. The fourth-order valence-corrected chi connectivity index (χ4v) is 6.84. The van der Waals surface area contributed by atoms with Crippen molar-refractivity contribution in [2.45, 2.75) is 95.0 Å². The van der Waals surface area contributed by atoms with E-state index < -0.39 is 36.2 Å². The van der Waals surface area contributed by atoms with Crippen LogP contribution in [0.3, 0.4) is 0 Å². The van der Waals surface area contributed by atoms with Crippen LogP contribution in [-0.4, -0.2) is 86.5 Å². The van der Waals surface area contributed by atoms with Crippen LogP contribution in [0.25, 0.3) is 0 Å². The van der Waals surface area contributed by atoms with E-state index in [1.807, 2.05) is 18.2 Å². The molecule has 1 saturated heterocycles. The quantitative estimate of drug-likeness (QED) is 0.350. The SMILES string of the molecule is CC(C(=O)N[C@H](C(=O)N1C[C@@H](Oc2cnc(Cl)nc2)C[C@H]1C(=O)N[C@@H]1CCCc2ccccc21)C1CCCCC1)N(C)C(=O)O. The molecule has 0 radical (unpaired) electrons. The molecule has 2 fully saturated rings. The molecular weight excluding hydrogens is 600 g/mol. The number of ether oxygens (including phenoxy) is 1. The zero-order valence-electron chi connectivity index (χ0n) is 25.7. The van der Waals surface area contributed by atoms with Crippen LogP contribution in [0.1, 0.15) is 75.5 Å². The van der Waals surface area contributed by atoms with Gasteiger partial charge in [-0.1, -0.05) is 43.5 Å². The Labute approximate surface area is 267 Å². The number of nitrogens with zero attached hydrogens (tertiary/aromatic N) is 4. The molecule has 1 aromatic heterocycles. The van der Waals surface area contributed by atoms with Crippen molar-refractivity contribution >= 4 is 35.4 Å². The number of halogens is 1. The largest absolute Gasteiger partial charge is 0.485 e. The maximum absolute atomic E-state index is 14.5. The summed E-state index contributed by atoms with van der Waals surface area (Å²) in [6, 6.07) is 5.14. The Bertz CT molecular complexity index is 1390. The van der Waals surface area contributed by atoms with Crippen LogP contribution >= 0.6 is 11.6 Å².